The predicted octanol–water partition coefficient (Wildman–Crippen LogP) is 1.31. The molecule has 3 N–H and O–H groups in total. The summed E-state index contributed by atoms with van der Waals surface area (Å²) in [4.78, 5) is 11.7. The normalized spacial score (nSPS) is 10.2. The second kappa shape index (κ2) is 5.27. The molecule has 1 aromatic carbocycles. The van der Waals surface area contributed by atoms with Crippen LogP contribution >= 0.6 is 0 Å². The minimum atomic E-state index is -0.117. The second-order valence-electron chi connectivity index (χ2n) is 3.61. The number of rotatable bonds is 4. The van der Waals surface area contributed by atoms with E-state index in [2.05, 4.69) is 15.0 Å². The van der Waals surface area contributed by atoms with Crippen molar-refractivity contribution in [2.75, 3.05) is 5.32 Å². The fraction of sp³-hybridized carbons (Fsp3) is 0.167. The summed E-state index contributed by atoms with van der Waals surface area (Å²) in [6.45, 7) is 0.427. The molecule has 0 aliphatic carbocycles. The monoisotopic (exact) mass is 231 g/mol. The van der Waals surface area contributed by atoms with Gasteiger partial charge in [-0.05, 0) is 11.1 Å². The molecule has 0 radical (unpaired) electrons. The van der Waals surface area contributed by atoms with Crippen LogP contribution in [0.5, 0.6) is 0 Å². The Hall–Kier alpha value is -2.14. The van der Waals surface area contributed by atoms with E-state index in [1.54, 1.807) is 0 Å². The summed E-state index contributed by atoms with van der Waals surface area (Å²) in [5, 5.41) is 6.19. The van der Waals surface area contributed by atoms with Crippen molar-refractivity contribution >= 4 is 11.6 Å². The first kappa shape index (κ1) is 11.3. The van der Waals surface area contributed by atoms with Crippen LogP contribution in [-0.2, 0) is 17.8 Å². The molecule has 2 rings (SSSR count). The van der Waals surface area contributed by atoms with Gasteiger partial charge in [0.25, 0.3) is 0 Å². The summed E-state index contributed by atoms with van der Waals surface area (Å²) in [5.74, 6) is -0.117. The van der Waals surface area contributed by atoms with Gasteiger partial charge >= 0.3 is 0 Å². The first-order valence-electron chi connectivity index (χ1n) is 5.25. The zero-order chi connectivity index (χ0) is 12.1. The highest BCUT2D eigenvalue weighted by molar-refractivity contribution is 5.92. The van der Waals surface area contributed by atoms with E-state index in [9.17, 15) is 4.79 Å². The number of amides is 1. The highest BCUT2D eigenvalue weighted by Crippen LogP contribution is 2.10. The number of hydrogen-bond acceptors (Lipinski definition) is 4. The molecule has 0 aliphatic rings. The maximum absolute atomic E-state index is 11.7. The summed E-state index contributed by atoms with van der Waals surface area (Å²) in [6.07, 6.45) is 3.12. The number of carbonyl (C=O) groups excluding carboxylic acids is 1. The van der Waals surface area contributed by atoms with E-state index in [-0.39, 0.29) is 5.91 Å². The molecule has 0 unspecified atom stereocenters. The third-order valence-electron chi connectivity index (χ3n) is 2.41. The van der Waals surface area contributed by atoms with Crippen LogP contribution in [0, 0.1) is 0 Å². The Labute approximate surface area is 98.6 Å². The van der Waals surface area contributed by atoms with Crippen molar-refractivity contribution in [2.24, 2.45) is 5.73 Å². The Morgan fingerprint density at radius 2 is 2.12 bits per heavy atom. The SMILES string of the molecule is NCc1ccccc1CC(=O)Nc1cnoc1. The van der Waals surface area contributed by atoms with Gasteiger partial charge in [-0.15, -0.1) is 0 Å². The topological polar surface area (TPSA) is 81.2 Å². The number of nitrogens with zero attached hydrogens (tertiary/aromatic N) is 1. The average Bonchev–Trinajstić information content (AvgIpc) is 2.82. The molecule has 0 fully saturated rings. The lowest BCUT2D eigenvalue weighted by atomic mass is 10.0. The Kier molecular flexibility index (Phi) is 3.52. The summed E-state index contributed by atoms with van der Waals surface area (Å²) in [5.41, 5.74) is 8.08. The minimum absolute atomic E-state index is 0.117. The van der Waals surface area contributed by atoms with Gasteiger partial charge in [-0.3, -0.25) is 4.79 Å². The van der Waals surface area contributed by atoms with Gasteiger partial charge in [0.1, 0.15) is 12.0 Å². The van der Waals surface area contributed by atoms with Crippen LogP contribution in [0.2, 0.25) is 0 Å². The summed E-state index contributed by atoms with van der Waals surface area (Å²) < 4.78 is 4.63. The first-order valence-corrected chi connectivity index (χ1v) is 5.25. The van der Waals surface area contributed by atoms with Crippen LogP contribution in [0.4, 0.5) is 5.69 Å². The van der Waals surface area contributed by atoms with Gasteiger partial charge in [-0.25, -0.2) is 0 Å². The third-order valence-corrected chi connectivity index (χ3v) is 2.41. The Bertz CT molecular complexity index is 494. The number of hydrogen-bond donors (Lipinski definition) is 2. The number of aromatic nitrogens is 1. The maximum Gasteiger partial charge on any atom is 0.228 e. The summed E-state index contributed by atoms with van der Waals surface area (Å²) in [7, 11) is 0. The van der Waals surface area contributed by atoms with Crippen molar-refractivity contribution in [3.8, 4) is 0 Å². The Morgan fingerprint density at radius 1 is 1.35 bits per heavy atom. The van der Waals surface area contributed by atoms with Gasteiger partial charge in [0, 0.05) is 6.54 Å². The molecule has 0 bridgehead atoms. The molecule has 0 spiro atoms. The highest BCUT2D eigenvalue weighted by Gasteiger charge is 2.07. The largest absolute Gasteiger partial charge is 0.363 e. The number of nitrogens with two attached hydrogens (primary N) is 1. The van der Waals surface area contributed by atoms with Crippen LogP contribution in [0.15, 0.2) is 41.2 Å². The van der Waals surface area contributed by atoms with E-state index in [0.717, 1.165) is 11.1 Å². The molecule has 88 valence electrons. The van der Waals surface area contributed by atoms with Crippen molar-refractivity contribution in [1.29, 1.82) is 0 Å². The van der Waals surface area contributed by atoms with Gasteiger partial charge in [-0.2, -0.15) is 0 Å². The van der Waals surface area contributed by atoms with Gasteiger partial charge in [0.2, 0.25) is 5.91 Å². The molecule has 0 aliphatic heterocycles. The van der Waals surface area contributed by atoms with E-state index < -0.39 is 0 Å². The van der Waals surface area contributed by atoms with Crippen molar-refractivity contribution in [3.05, 3.63) is 47.9 Å². The van der Waals surface area contributed by atoms with E-state index in [1.807, 2.05) is 24.3 Å². The molecule has 1 heterocycles. The number of anilines is 1. The number of benzene rings is 1. The lowest BCUT2D eigenvalue weighted by molar-refractivity contribution is -0.115. The van der Waals surface area contributed by atoms with Gasteiger partial charge < -0.3 is 15.6 Å². The molecule has 1 amide bonds. The molecular weight excluding hydrogens is 218 g/mol. The quantitative estimate of drug-likeness (QED) is 0.831. The van der Waals surface area contributed by atoms with Crippen molar-refractivity contribution in [1.82, 2.24) is 5.16 Å². The molecule has 2 aromatic rings. The van der Waals surface area contributed by atoms with Crippen LogP contribution < -0.4 is 11.1 Å². The fourth-order valence-electron chi connectivity index (χ4n) is 1.57. The van der Waals surface area contributed by atoms with Crippen LogP contribution in [0.3, 0.4) is 0 Å². The van der Waals surface area contributed by atoms with E-state index in [4.69, 9.17) is 5.73 Å². The maximum atomic E-state index is 11.7. The molecular formula is C12H13N3O2. The third kappa shape index (κ3) is 2.92. The Morgan fingerprint density at radius 3 is 2.76 bits per heavy atom. The fourth-order valence-corrected chi connectivity index (χ4v) is 1.57. The summed E-state index contributed by atoms with van der Waals surface area (Å²) >= 11 is 0. The van der Waals surface area contributed by atoms with Gasteiger partial charge in [0.15, 0.2) is 0 Å². The lowest BCUT2D eigenvalue weighted by Crippen LogP contribution is -2.15. The molecule has 0 atom stereocenters. The molecule has 1 aromatic heterocycles. The average molecular weight is 231 g/mol. The van der Waals surface area contributed by atoms with Crippen molar-refractivity contribution in [3.63, 3.8) is 0 Å². The van der Waals surface area contributed by atoms with Crippen LogP contribution in [-0.4, -0.2) is 11.1 Å². The zero-order valence-electron chi connectivity index (χ0n) is 9.22. The van der Waals surface area contributed by atoms with Crippen LogP contribution in [0.25, 0.3) is 0 Å². The highest BCUT2D eigenvalue weighted by atomic mass is 16.5. The van der Waals surface area contributed by atoms with Crippen LogP contribution in [0.1, 0.15) is 11.1 Å². The number of nitrogens with one attached hydrogen (secondary N) is 1. The van der Waals surface area contributed by atoms with E-state index in [0.29, 0.717) is 18.7 Å². The zero-order valence-corrected chi connectivity index (χ0v) is 9.22. The van der Waals surface area contributed by atoms with Crippen molar-refractivity contribution in [2.45, 2.75) is 13.0 Å². The summed E-state index contributed by atoms with van der Waals surface area (Å²) in [6, 6.07) is 7.61. The molecule has 0 saturated heterocycles. The minimum Gasteiger partial charge on any atom is -0.363 e. The first-order chi connectivity index (χ1) is 8.29. The molecule has 5 nitrogen and oxygen atoms in total. The Balaban J connectivity index is 2.03. The van der Waals surface area contributed by atoms with E-state index >= 15 is 0 Å². The molecule has 17 heavy (non-hydrogen) atoms. The standard InChI is InChI=1S/C12H13N3O2/c13-6-10-4-2-1-3-9(10)5-12(16)15-11-7-14-17-8-11/h1-4,7-8H,5-6,13H2,(H,15,16). The molecule has 5 heteroatoms. The molecule has 0 saturated carbocycles. The van der Waals surface area contributed by atoms with Gasteiger partial charge in [-0.1, -0.05) is 29.4 Å². The van der Waals surface area contributed by atoms with Crippen molar-refractivity contribution < 1.29 is 9.32 Å². The second-order valence-corrected chi connectivity index (χ2v) is 3.61. The lowest BCUT2D eigenvalue weighted by Gasteiger charge is -2.06. The number of carbonyl (C=O) groups is 1. The van der Waals surface area contributed by atoms with Gasteiger partial charge in [0.05, 0.1) is 12.6 Å². The predicted molar refractivity (Wildman–Crippen MR) is 63.2 cm³/mol. The van der Waals surface area contributed by atoms with E-state index in [1.165, 1.54) is 12.5 Å². The smallest absolute Gasteiger partial charge is 0.228 e.